The molecule has 1 unspecified atom stereocenters. The molecule has 10 heteroatoms. The van der Waals surface area contributed by atoms with E-state index < -0.39 is 9.84 Å². The van der Waals surface area contributed by atoms with Crippen molar-refractivity contribution in [3.8, 4) is 11.1 Å². The molecule has 0 N–H and O–H groups in total. The normalized spacial score (nSPS) is 17.5. The van der Waals surface area contributed by atoms with E-state index in [9.17, 15) is 18.0 Å². The van der Waals surface area contributed by atoms with Crippen molar-refractivity contribution in [3.05, 3.63) is 58.7 Å². The highest BCUT2D eigenvalue weighted by atomic mass is 32.2. The minimum atomic E-state index is -3.07. The van der Waals surface area contributed by atoms with E-state index in [0.29, 0.717) is 21.8 Å². The molecule has 0 aliphatic carbocycles. The van der Waals surface area contributed by atoms with E-state index in [0.717, 1.165) is 11.1 Å². The lowest BCUT2D eigenvalue weighted by Crippen LogP contribution is -2.39. The molecule has 7 nitrogen and oxygen atoms in total. The first-order valence-electron chi connectivity index (χ1n) is 10.1. The number of carbonyl (C=O) groups excluding carboxylic acids is 1. The maximum Gasteiger partial charge on any atom is 0.263 e. The predicted molar refractivity (Wildman–Crippen MR) is 130 cm³/mol. The summed E-state index contributed by atoms with van der Waals surface area (Å²) in [6.07, 6.45) is 2.09. The SMILES string of the molecule is C=CCn1c(SCC(=O)N(C)C2CCS(=O)(=O)C2)nc2scc(-c3ccccc3)c2c1=O. The van der Waals surface area contributed by atoms with Gasteiger partial charge in [-0.1, -0.05) is 48.2 Å². The van der Waals surface area contributed by atoms with Gasteiger partial charge in [-0.05, 0) is 12.0 Å². The molecule has 1 aliphatic rings. The zero-order valence-corrected chi connectivity index (χ0v) is 20.0. The van der Waals surface area contributed by atoms with Crippen LogP contribution in [0.25, 0.3) is 21.3 Å². The van der Waals surface area contributed by atoms with Gasteiger partial charge in [-0.15, -0.1) is 17.9 Å². The number of rotatable bonds is 7. The Kier molecular flexibility index (Phi) is 6.55. The van der Waals surface area contributed by atoms with Crippen LogP contribution in [0.4, 0.5) is 0 Å². The van der Waals surface area contributed by atoms with Gasteiger partial charge >= 0.3 is 0 Å². The van der Waals surface area contributed by atoms with Crippen molar-refractivity contribution in [2.75, 3.05) is 24.3 Å². The van der Waals surface area contributed by atoms with E-state index in [1.54, 1.807) is 13.1 Å². The number of aromatic nitrogens is 2. The lowest BCUT2D eigenvalue weighted by molar-refractivity contribution is -0.128. The summed E-state index contributed by atoms with van der Waals surface area (Å²) in [4.78, 5) is 32.9. The van der Waals surface area contributed by atoms with Gasteiger partial charge in [0.15, 0.2) is 15.0 Å². The first-order valence-corrected chi connectivity index (χ1v) is 13.8. The van der Waals surface area contributed by atoms with Crippen molar-refractivity contribution in [2.24, 2.45) is 0 Å². The number of thiophene rings is 1. The molecule has 0 radical (unpaired) electrons. The molecule has 168 valence electrons. The highest BCUT2D eigenvalue weighted by Gasteiger charge is 2.32. The number of amides is 1. The maximum atomic E-state index is 13.4. The minimum Gasteiger partial charge on any atom is -0.341 e. The van der Waals surface area contributed by atoms with Crippen molar-refractivity contribution in [1.29, 1.82) is 0 Å². The molecule has 4 rings (SSSR count). The fourth-order valence-electron chi connectivity index (χ4n) is 3.75. The smallest absolute Gasteiger partial charge is 0.263 e. The van der Waals surface area contributed by atoms with Crippen molar-refractivity contribution >= 4 is 49.1 Å². The van der Waals surface area contributed by atoms with Gasteiger partial charge in [0.2, 0.25) is 5.91 Å². The Morgan fingerprint density at radius 3 is 2.78 bits per heavy atom. The number of thioether (sulfide) groups is 1. The first kappa shape index (κ1) is 22.8. The van der Waals surface area contributed by atoms with Crippen LogP contribution in [0.2, 0.25) is 0 Å². The molecule has 1 atom stereocenters. The monoisotopic (exact) mass is 489 g/mol. The molecule has 2 aromatic heterocycles. The number of sulfone groups is 1. The van der Waals surface area contributed by atoms with Crippen LogP contribution in [-0.4, -0.2) is 59.1 Å². The molecule has 1 saturated heterocycles. The third kappa shape index (κ3) is 4.53. The first-order chi connectivity index (χ1) is 15.3. The molecule has 0 bridgehead atoms. The van der Waals surface area contributed by atoms with Crippen molar-refractivity contribution in [2.45, 2.75) is 24.2 Å². The van der Waals surface area contributed by atoms with Gasteiger partial charge in [0.1, 0.15) is 4.83 Å². The maximum absolute atomic E-state index is 13.4. The third-order valence-corrected chi connectivity index (χ3v) is 9.11. The molecule has 1 amide bonds. The number of hydrogen-bond acceptors (Lipinski definition) is 7. The highest BCUT2D eigenvalue weighted by Crippen LogP contribution is 2.32. The fraction of sp³-hybridized carbons (Fsp3) is 0.318. The lowest BCUT2D eigenvalue weighted by Gasteiger charge is -2.23. The summed E-state index contributed by atoms with van der Waals surface area (Å²) in [6, 6.07) is 9.39. The van der Waals surface area contributed by atoms with Crippen molar-refractivity contribution in [3.63, 3.8) is 0 Å². The molecular formula is C22H23N3O4S3. The Morgan fingerprint density at radius 1 is 1.38 bits per heavy atom. The van der Waals surface area contributed by atoms with E-state index in [-0.39, 0.29) is 41.3 Å². The topological polar surface area (TPSA) is 89.3 Å². The van der Waals surface area contributed by atoms with E-state index >= 15 is 0 Å². The fourth-order valence-corrected chi connectivity index (χ4v) is 7.44. The number of allylic oxidation sites excluding steroid dienone is 1. The second-order valence-corrected chi connectivity index (χ2v) is 11.7. The van der Waals surface area contributed by atoms with Crippen LogP contribution >= 0.6 is 23.1 Å². The third-order valence-electron chi connectivity index (χ3n) is 5.53. The van der Waals surface area contributed by atoms with Gasteiger partial charge in [0.05, 0.1) is 22.6 Å². The molecule has 1 fully saturated rings. The summed E-state index contributed by atoms with van der Waals surface area (Å²) in [7, 11) is -1.44. The van der Waals surface area contributed by atoms with E-state index in [2.05, 4.69) is 11.6 Å². The van der Waals surface area contributed by atoms with E-state index in [4.69, 9.17) is 0 Å². The van der Waals surface area contributed by atoms with Gasteiger partial charge in [-0.2, -0.15) is 0 Å². The average molecular weight is 490 g/mol. The molecule has 1 aliphatic heterocycles. The summed E-state index contributed by atoms with van der Waals surface area (Å²) < 4.78 is 25.0. The molecular weight excluding hydrogens is 466 g/mol. The number of hydrogen-bond donors (Lipinski definition) is 0. The van der Waals surface area contributed by atoms with E-state index in [1.165, 1.54) is 32.6 Å². The number of fused-ring (bicyclic) bond motifs is 1. The van der Waals surface area contributed by atoms with Crippen molar-refractivity contribution < 1.29 is 13.2 Å². The minimum absolute atomic E-state index is 0.00272. The summed E-state index contributed by atoms with van der Waals surface area (Å²) in [5, 5.41) is 2.94. The second-order valence-electron chi connectivity index (χ2n) is 7.64. The lowest BCUT2D eigenvalue weighted by atomic mass is 10.1. The largest absolute Gasteiger partial charge is 0.341 e. The molecule has 0 saturated carbocycles. The van der Waals surface area contributed by atoms with Gasteiger partial charge < -0.3 is 4.90 Å². The Hall–Kier alpha value is -2.43. The quantitative estimate of drug-likeness (QED) is 0.288. The number of benzene rings is 1. The zero-order valence-electron chi connectivity index (χ0n) is 17.6. The standard InChI is InChI=1S/C22H23N3O4S3/c1-3-10-25-21(27)19-17(15-7-5-4-6-8-15)12-30-20(19)23-22(25)31-13-18(26)24(2)16-9-11-32(28,29)14-16/h3-8,12,16H,1,9-11,13-14H2,2H3. The Morgan fingerprint density at radius 2 is 2.12 bits per heavy atom. The number of carbonyl (C=O) groups is 1. The van der Waals surface area contributed by atoms with Crippen LogP contribution < -0.4 is 5.56 Å². The Labute approximate surface area is 194 Å². The highest BCUT2D eigenvalue weighted by molar-refractivity contribution is 7.99. The van der Waals surface area contributed by atoms with Crippen LogP contribution in [-0.2, 0) is 21.2 Å². The van der Waals surface area contributed by atoms with Crippen LogP contribution in [0.5, 0.6) is 0 Å². The predicted octanol–water partition coefficient (Wildman–Crippen LogP) is 3.05. The van der Waals surface area contributed by atoms with Crippen molar-refractivity contribution in [1.82, 2.24) is 14.5 Å². The summed E-state index contributed by atoms with van der Waals surface area (Å²) >= 11 is 2.59. The molecule has 32 heavy (non-hydrogen) atoms. The van der Waals surface area contributed by atoms with Crippen LogP contribution in [0, 0.1) is 0 Å². The average Bonchev–Trinajstić information content (AvgIpc) is 3.37. The number of nitrogens with zero attached hydrogens (tertiary/aromatic N) is 3. The van der Waals surface area contributed by atoms with Gasteiger partial charge in [0, 0.05) is 30.6 Å². The summed E-state index contributed by atoms with van der Waals surface area (Å²) in [5.41, 5.74) is 1.63. The summed E-state index contributed by atoms with van der Waals surface area (Å²) in [5.74, 6) is -0.00328. The van der Waals surface area contributed by atoms with Crippen LogP contribution in [0.3, 0.4) is 0 Å². The van der Waals surface area contributed by atoms with E-state index in [1.807, 2.05) is 35.7 Å². The molecule has 1 aromatic carbocycles. The molecule has 3 heterocycles. The van der Waals surface area contributed by atoms with Crippen LogP contribution in [0.15, 0.2) is 58.3 Å². The summed E-state index contributed by atoms with van der Waals surface area (Å²) in [6.45, 7) is 4.03. The van der Waals surface area contributed by atoms with Gasteiger partial charge in [-0.3, -0.25) is 14.2 Å². The Bertz CT molecular complexity index is 1330. The zero-order chi connectivity index (χ0) is 22.9. The second kappa shape index (κ2) is 9.21. The van der Waals surface area contributed by atoms with Gasteiger partial charge in [0.25, 0.3) is 5.56 Å². The van der Waals surface area contributed by atoms with Crippen LogP contribution in [0.1, 0.15) is 6.42 Å². The molecule has 3 aromatic rings. The molecule has 0 spiro atoms. The Balaban J connectivity index is 1.61. The van der Waals surface area contributed by atoms with Gasteiger partial charge in [-0.25, -0.2) is 13.4 Å².